The maximum absolute atomic E-state index is 11.9. The smallest absolute Gasteiger partial charge is 0.235 e. The van der Waals surface area contributed by atoms with Crippen molar-refractivity contribution in [3.63, 3.8) is 0 Å². The fraction of sp³-hybridized carbons (Fsp3) is 0.143. The van der Waals surface area contributed by atoms with Gasteiger partial charge in [-0.15, -0.1) is 0 Å². The summed E-state index contributed by atoms with van der Waals surface area (Å²) >= 11 is 0. The number of nitrogens with one attached hydrogen (secondary N) is 1. The van der Waals surface area contributed by atoms with Crippen molar-refractivity contribution < 1.29 is 9.90 Å². The first-order valence-corrected chi connectivity index (χ1v) is 5.76. The molecule has 90 valence electrons. The molecule has 2 heterocycles. The van der Waals surface area contributed by atoms with Crippen LogP contribution in [0.25, 0.3) is 0 Å². The fourth-order valence-corrected chi connectivity index (χ4v) is 2.27. The van der Waals surface area contributed by atoms with Gasteiger partial charge in [-0.3, -0.25) is 9.78 Å². The van der Waals surface area contributed by atoms with E-state index in [0.717, 1.165) is 11.3 Å². The second kappa shape index (κ2) is 4.23. The standard InChI is InChI=1S/C14H12N2O2/c17-13(11-7-3-4-8-15-11)12-9-5-1-2-6-10(9)16-14(12)18/h1-8,12-13,17H,(H,16,18). The minimum atomic E-state index is -0.921. The van der Waals surface area contributed by atoms with Gasteiger partial charge in [-0.2, -0.15) is 0 Å². The third-order valence-corrected chi connectivity index (χ3v) is 3.14. The van der Waals surface area contributed by atoms with Crippen LogP contribution in [0.2, 0.25) is 0 Å². The molecule has 2 N–H and O–H groups in total. The zero-order chi connectivity index (χ0) is 12.5. The molecule has 1 amide bonds. The molecule has 0 aliphatic carbocycles. The molecular weight excluding hydrogens is 228 g/mol. The van der Waals surface area contributed by atoms with Crippen LogP contribution in [0.15, 0.2) is 48.7 Å². The van der Waals surface area contributed by atoms with Crippen molar-refractivity contribution in [3.8, 4) is 0 Å². The van der Waals surface area contributed by atoms with Crippen LogP contribution in [0.3, 0.4) is 0 Å². The molecule has 0 saturated carbocycles. The van der Waals surface area contributed by atoms with Crippen LogP contribution in [0.4, 0.5) is 5.69 Å². The van der Waals surface area contributed by atoms with E-state index < -0.39 is 12.0 Å². The highest BCUT2D eigenvalue weighted by molar-refractivity contribution is 6.03. The number of pyridine rings is 1. The van der Waals surface area contributed by atoms with E-state index in [9.17, 15) is 9.90 Å². The van der Waals surface area contributed by atoms with Crippen molar-refractivity contribution in [1.29, 1.82) is 0 Å². The number of aliphatic hydroxyl groups excluding tert-OH is 1. The van der Waals surface area contributed by atoms with Crippen molar-refractivity contribution in [2.24, 2.45) is 0 Å². The van der Waals surface area contributed by atoms with Crippen molar-refractivity contribution >= 4 is 11.6 Å². The molecule has 4 heteroatoms. The van der Waals surface area contributed by atoms with Gasteiger partial charge in [0.1, 0.15) is 6.10 Å². The SMILES string of the molecule is O=C1Nc2ccccc2C1C(O)c1ccccn1. The van der Waals surface area contributed by atoms with Crippen LogP contribution >= 0.6 is 0 Å². The van der Waals surface area contributed by atoms with E-state index in [1.54, 1.807) is 24.4 Å². The Balaban J connectivity index is 2.00. The van der Waals surface area contributed by atoms with Crippen molar-refractivity contribution in [2.45, 2.75) is 12.0 Å². The summed E-state index contributed by atoms with van der Waals surface area (Å²) in [6, 6.07) is 12.7. The summed E-state index contributed by atoms with van der Waals surface area (Å²) in [5.41, 5.74) is 2.09. The number of hydrogen-bond donors (Lipinski definition) is 2. The number of carbonyl (C=O) groups is 1. The molecular formula is C14H12N2O2. The lowest BCUT2D eigenvalue weighted by molar-refractivity contribution is -0.119. The van der Waals surface area contributed by atoms with E-state index in [2.05, 4.69) is 10.3 Å². The predicted molar refractivity (Wildman–Crippen MR) is 67.0 cm³/mol. The zero-order valence-electron chi connectivity index (χ0n) is 9.58. The maximum atomic E-state index is 11.9. The number of carbonyl (C=O) groups excluding carboxylic acids is 1. The van der Waals surface area contributed by atoms with Crippen molar-refractivity contribution in [2.75, 3.05) is 5.32 Å². The van der Waals surface area contributed by atoms with Crippen molar-refractivity contribution in [1.82, 2.24) is 4.98 Å². The average Bonchev–Trinajstić information content (AvgIpc) is 2.75. The summed E-state index contributed by atoms with van der Waals surface area (Å²) in [7, 11) is 0. The highest BCUT2D eigenvalue weighted by Gasteiger charge is 2.37. The van der Waals surface area contributed by atoms with Crippen LogP contribution in [0, 0.1) is 0 Å². The number of benzene rings is 1. The third-order valence-electron chi connectivity index (χ3n) is 3.14. The molecule has 1 aliphatic heterocycles. The number of fused-ring (bicyclic) bond motifs is 1. The molecule has 18 heavy (non-hydrogen) atoms. The lowest BCUT2D eigenvalue weighted by atomic mass is 9.92. The zero-order valence-corrected chi connectivity index (χ0v) is 9.58. The molecule has 3 rings (SSSR count). The molecule has 2 unspecified atom stereocenters. The molecule has 1 aromatic heterocycles. The number of aliphatic hydroxyl groups is 1. The van der Waals surface area contributed by atoms with E-state index in [0.29, 0.717) is 5.69 Å². The number of hydrogen-bond acceptors (Lipinski definition) is 3. The maximum Gasteiger partial charge on any atom is 0.235 e. The quantitative estimate of drug-likeness (QED) is 0.842. The van der Waals surface area contributed by atoms with E-state index in [1.807, 2.05) is 24.3 Å². The molecule has 2 atom stereocenters. The second-order valence-electron chi connectivity index (χ2n) is 4.25. The van der Waals surface area contributed by atoms with Gasteiger partial charge in [0.25, 0.3) is 0 Å². The number of aromatic nitrogens is 1. The predicted octanol–water partition coefficient (Wildman–Crippen LogP) is 1.85. The first-order valence-electron chi connectivity index (χ1n) is 5.76. The monoisotopic (exact) mass is 240 g/mol. The Bertz CT molecular complexity index is 583. The molecule has 0 fully saturated rings. The third kappa shape index (κ3) is 1.67. The van der Waals surface area contributed by atoms with Gasteiger partial charge in [0, 0.05) is 11.9 Å². The van der Waals surface area contributed by atoms with Gasteiger partial charge in [0.2, 0.25) is 5.91 Å². The molecule has 0 bridgehead atoms. The molecule has 1 aliphatic rings. The van der Waals surface area contributed by atoms with Gasteiger partial charge in [-0.1, -0.05) is 24.3 Å². The topological polar surface area (TPSA) is 62.2 Å². The minimum Gasteiger partial charge on any atom is -0.386 e. The molecule has 1 aromatic carbocycles. The molecule has 0 saturated heterocycles. The summed E-state index contributed by atoms with van der Waals surface area (Å²) in [6.07, 6.45) is 0.687. The largest absolute Gasteiger partial charge is 0.386 e. The molecule has 0 spiro atoms. The van der Waals surface area contributed by atoms with Crippen LogP contribution in [-0.4, -0.2) is 16.0 Å². The molecule has 4 nitrogen and oxygen atoms in total. The summed E-state index contributed by atoms with van der Waals surface area (Å²) in [5, 5.41) is 13.1. The van der Waals surface area contributed by atoms with Crippen LogP contribution in [0.5, 0.6) is 0 Å². The highest BCUT2D eigenvalue weighted by Crippen LogP contribution is 2.39. The van der Waals surface area contributed by atoms with Gasteiger partial charge < -0.3 is 10.4 Å². The summed E-state index contributed by atoms with van der Waals surface area (Å²) in [5.74, 6) is -0.773. The Morgan fingerprint density at radius 3 is 2.72 bits per heavy atom. The summed E-state index contributed by atoms with van der Waals surface area (Å²) in [6.45, 7) is 0. The van der Waals surface area contributed by atoms with Gasteiger partial charge in [0.15, 0.2) is 0 Å². The average molecular weight is 240 g/mol. The van der Waals surface area contributed by atoms with E-state index >= 15 is 0 Å². The Morgan fingerprint density at radius 1 is 1.17 bits per heavy atom. The second-order valence-corrected chi connectivity index (χ2v) is 4.25. The lowest BCUT2D eigenvalue weighted by Gasteiger charge is -2.16. The normalized spacial score (nSPS) is 19.2. The number of para-hydroxylation sites is 1. The van der Waals surface area contributed by atoms with Crippen LogP contribution in [-0.2, 0) is 4.79 Å². The first kappa shape index (κ1) is 10.9. The van der Waals surface area contributed by atoms with E-state index in [1.165, 1.54) is 0 Å². The Morgan fingerprint density at radius 2 is 1.94 bits per heavy atom. The van der Waals surface area contributed by atoms with Gasteiger partial charge in [-0.25, -0.2) is 0 Å². The Hall–Kier alpha value is -2.20. The van der Waals surface area contributed by atoms with Gasteiger partial charge >= 0.3 is 0 Å². The molecule has 0 radical (unpaired) electrons. The Labute approximate surface area is 104 Å². The van der Waals surface area contributed by atoms with Gasteiger partial charge in [0.05, 0.1) is 11.6 Å². The number of rotatable bonds is 2. The fourth-order valence-electron chi connectivity index (χ4n) is 2.27. The van der Waals surface area contributed by atoms with Crippen LogP contribution in [0.1, 0.15) is 23.3 Å². The highest BCUT2D eigenvalue weighted by atomic mass is 16.3. The number of anilines is 1. The molecule has 2 aromatic rings. The summed E-state index contributed by atoms with van der Waals surface area (Å²) in [4.78, 5) is 16.0. The lowest BCUT2D eigenvalue weighted by Crippen LogP contribution is -2.20. The Kier molecular flexibility index (Phi) is 2.57. The van der Waals surface area contributed by atoms with E-state index in [4.69, 9.17) is 0 Å². The van der Waals surface area contributed by atoms with E-state index in [-0.39, 0.29) is 5.91 Å². The minimum absolute atomic E-state index is 0.186. The van der Waals surface area contributed by atoms with Crippen LogP contribution < -0.4 is 5.32 Å². The van der Waals surface area contributed by atoms with Crippen molar-refractivity contribution in [3.05, 3.63) is 59.9 Å². The number of amides is 1. The number of nitrogens with zero attached hydrogens (tertiary/aromatic N) is 1. The first-order chi connectivity index (χ1) is 8.77. The summed E-state index contributed by atoms with van der Waals surface area (Å²) < 4.78 is 0. The van der Waals surface area contributed by atoms with Gasteiger partial charge in [-0.05, 0) is 23.8 Å².